The van der Waals surface area contributed by atoms with Gasteiger partial charge in [0.15, 0.2) is 6.10 Å². The lowest BCUT2D eigenvalue weighted by Gasteiger charge is -2.18. The van der Waals surface area contributed by atoms with E-state index in [0.717, 1.165) is 116 Å². The summed E-state index contributed by atoms with van der Waals surface area (Å²) in [5, 5.41) is 0. The minimum Gasteiger partial charge on any atom is -0.462 e. The molecule has 0 saturated heterocycles. The van der Waals surface area contributed by atoms with Gasteiger partial charge in [0.2, 0.25) is 0 Å². The van der Waals surface area contributed by atoms with Crippen molar-refractivity contribution in [1.29, 1.82) is 0 Å². The number of unbranched alkanes of at least 4 members (excludes halogenated alkanes) is 15. The van der Waals surface area contributed by atoms with Crippen molar-refractivity contribution in [3.63, 3.8) is 0 Å². The number of carbonyl (C=O) groups is 3. The Morgan fingerprint density at radius 3 is 1.16 bits per heavy atom. The van der Waals surface area contributed by atoms with E-state index < -0.39 is 6.10 Å². The van der Waals surface area contributed by atoms with Gasteiger partial charge in [0.1, 0.15) is 13.2 Å². The smallest absolute Gasteiger partial charge is 0.306 e. The van der Waals surface area contributed by atoms with Gasteiger partial charge in [-0.3, -0.25) is 14.4 Å². The van der Waals surface area contributed by atoms with E-state index in [-0.39, 0.29) is 37.5 Å². The Hall–Kier alpha value is -4.45. The summed E-state index contributed by atoms with van der Waals surface area (Å²) in [6.45, 7) is 6.26. The molecule has 0 N–H and O–H groups in total. The van der Waals surface area contributed by atoms with Crippen LogP contribution in [0.3, 0.4) is 0 Å². The molecule has 1 unspecified atom stereocenters. The van der Waals surface area contributed by atoms with Crippen LogP contribution in [0.15, 0.2) is 134 Å². The fourth-order valence-corrected chi connectivity index (χ4v) is 6.73. The molecule has 0 aromatic heterocycles. The van der Waals surface area contributed by atoms with E-state index >= 15 is 0 Å². The Labute approximate surface area is 411 Å². The molecular weight excluding hydrogens is 829 g/mol. The topological polar surface area (TPSA) is 78.9 Å². The van der Waals surface area contributed by atoms with Crippen molar-refractivity contribution in [1.82, 2.24) is 0 Å². The van der Waals surface area contributed by atoms with Gasteiger partial charge in [-0.15, -0.1) is 0 Å². The average Bonchev–Trinajstić information content (AvgIpc) is 3.33. The summed E-state index contributed by atoms with van der Waals surface area (Å²) in [6.07, 6.45) is 75.9. The van der Waals surface area contributed by atoms with Gasteiger partial charge in [-0.25, -0.2) is 0 Å². The van der Waals surface area contributed by atoms with Gasteiger partial charge in [0, 0.05) is 19.3 Å². The van der Waals surface area contributed by atoms with Crippen molar-refractivity contribution in [3.05, 3.63) is 134 Å². The average molecular weight is 925 g/mol. The third-order valence-electron chi connectivity index (χ3n) is 10.7. The van der Waals surface area contributed by atoms with Crippen molar-refractivity contribution >= 4 is 17.9 Å². The minimum absolute atomic E-state index is 0.120. The molecule has 0 fully saturated rings. The molecule has 0 rings (SSSR count). The fraction of sp³-hybridized carbons (Fsp3) is 0.590. The molecule has 0 saturated carbocycles. The molecule has 6 nitrogen and oxygen atoms in total. The molecule has 0 aliphatic heterocycles. The molecule has 0 amide bonds. The maximum Gasteiger partial charge on any atom is 0.306 e. The van der Waals surface area contributed by atoms with Gasteiger partial charge in [0.05, 0.1) is 0 Å². The number of ether oxygens (including phenoxy) is 3. The van der Waals surface area contributed by atoms with Crippen LogP contribution in [0.25, 0.3) is 0 Å². The lowest BCUT2D eigenvalue weighted by atomic mass is 10.1. The van der Waals surface area contributed by atoms with Crippen LogP contribution in [-0.4, -0.2) is 37.2 Å². The van der Waals surface area contributed by atoms with Crippen LogP contribution in [0.1, 0.15) is 213 Å². The molecule has 0 bridgehead atoms. The van der Waals surface area contributed by atoms with E-state index in [1.165, 1.54) is 51.4 Å². The first-order chi connectivity index (χ1) is 33.0. The largest absolute Gasteiger partial charge is 0.462 e. The Balaban J connectivity index is 4.56. The molecule has 6 heteroatoms. The van der Waals surface area contributed by atoms with Gasteiger partial charge < -0.3 is 14.2 Å². The van der Waals surface area contributed by atoms with Crippen molar-refractivity contribution < 1.29 is 28.6 Å². The Kier molecular flexibility index (Phi) is 50.6. The standard InChI is InChI=1S/C61H96O6/c1-4-7-10-13-16-19-22-25-27-29-30-32-33-36-39-42-45-48-51-54-60(63)66-57-58(56-65-59(62)53-50-47-44-41-38-35-24-21-18-15-12-9-6-3)67-61(64)55-52-49-46-43-40-37-34-31-28-26-23-20-17-14-11-8-5-2/h7,9-10,12,15-21,24-28,30,32,36,39,45,48,58H,4-6,8,11,13-14,22-23,29,31,33-35,37-38,40-44,46-47,49-57H2,1-3H3/b10-7+,12-9+,18-15+,19-16+,20-17+,24-21+,27-25+,28-26+,32-30+,39-36+,48-45+. The van der Waals surface area contributed by atoms with Crippen LogP contribution < -0.4 is 0 Å². The van der Waals surface area contributed by atoms with Gasteiger partial charge in [-0.05, 0) is 109 Å². The second kappa shape index (κ2) is 54.2. The van der Waals surface area contributed by atoms with Gasteiger partial charge >= 0.3 is 17.9 Å². The predicted molar refractivity (Wildman–Crippen MR) is 288 cm³/mol. The number of allylic oxidation sites excluding steroid dienone is 22. The highest BCUT2D eigenvalue weighted by atomic mass is 16.6. The van der Waals surface area contributed by atoms with Crippen LogP contribution in [0.5, 0.6) is 0 Å². The summed E-state index contributed by atoms with van der Waals surface area (Å²) in [5.74, 6) is -1.04. The maximum absolute atomic E-state index is 12.8. The summed E-state index contributed by atoms with van der Waals surface area (Å²) in [7, 11) is 0. The van der Waals surface area contributed by atoms with Crippen LogP contribution >= 0.6 is 0 Å². The first-order valence-electron chi connectivity index (χ1n) is 26.7. The van der Waals surface area contributed by atoms with Crippen LogP contribution in [0.4, 0.5) is 0 Å². The SMILES string of the molecule is CC/C=C/C=C/C=C/CCCCCCCC(=O)OCC(COC(=O)CC/C=C/C/C=C/C/C=C/C/C=C/C/C=C/C/C=C/CC)OC(=O)CCCCCCCCC/C=C/C/C=C/CCCCC. The Morgan fingerprint density at radius 1 is 0.328 bits per heavy atom. The molecule has 0 aromatic carbocycles. The van der Waals surface area contributed by atoms with Crippen molar-refractivity contribution in [2.75, 3.05) is 13.2 Å². The Morgan fingerprint density at radius 2 is 0.687 bits per heavy atom. The predicted octanol–water partition coefficient (Wildman–Crippen LogP) is 17.9. The molecule has 0 aliphatic carbocycles. The summed E-state index contributed by atoms with van der Waals surface area (Å²) < 4.78 is 16.7. The van der Waals surface area contributed by atoms with Crippen molar-refractivity contribution in [2.45, 2.75) is 219 Å². The molecule has 0 spiro atoms. The second-order valence-electron chi connectivity index (χ2n) is 17.1. The van der Waals surface area contributed by atoms with E-state index in [9.17, 15) is 14.4 Å². The van der Waals surface area contributed by atoms with E-state index in [4.69, 9.17) is 14.2 Å². The molecule has 67 heavy (non-hydrogen) atoms. The fourth-order valence-electron chi connectivity index (χ4n) is 6.73. The number of rotatable bonds is 46. The van der Waals surface area contributed by atoms with Gasteiger partial charge in [-0.2, -0.15) is 0 Å². The molecule has 0 radical (unpaired) electrons. The van der Waals surface area contributed by atoms with Crippen LogP contribution in [0, 0.1) is 0 Å². The number of hydrogen-bond acceptors (Lipinski definition) is 6. The quantitative estimate of drug-likeness (QED) is 0.0199. The van der Waals surface area contributed by atoms with Crippen molar-refractivity contribution in [3.8, 4) is 0 Å². The zero-order valence-electron chi connectivity index (χ0n) is 42.9. The maximum atomic E-state index is 12.8. The van der Waals surface area contributed by atoms with E-state index in [0.29, 0.717) is 19.3 Å². The molecular formula is C61H96O6. The molecule has 1 atom stereocenters. The summed E-state index contributed by atoms with van der Waals surface area (Å²) in [6, 6.07) is 0. The minimum atomic E-state index is -0.826. The lowest BCUT2D eigenvalue weighted by molar-refractivity contribution is -0.166. The van der Waals surface area contributed by atoms with E-state index in [1.54, 1.807) is 0 Å². The molecule has 0 heterocycles. The van der Waals surface area contributed by atoms with Gasteiger partial charge in [-0.1, -0.05) is 219 Å². The number of esters is 3. The highest BCUT2D eigenvalue weighted by molar-refractivity contribution is 5.71. The lowest BCUT2D eigenvalue weighted by Crippen LogP contribution is -2.30. The highest BCUT2D eigenvalue weighted by Crippen LogP contribution is 2.13. The van der Waals surface area contributed by atoms with Crippen LogP contribution in [-0.2, 0) is 28.6 Å². The second-order valence-corrected chi connectivity index (χ2v) is 17.1. The normalized spacial score (nSPS) is 13.2. The number of carbonyl (C=O) groups excluding carboxylic acids is 3. The van der Waals surface area contributed by atoms with E-state index in [1.807, 2.05) is 18.2 Å². The third kappa shape index (κ3) is 52.4. The van der Waals surface area contributed by atoms with Crippen LogP contribution in [0.2, 0.25) is 0 Å². The monoisotopic (exact) mass is 925 g/mol. The zero-order chi connectivity index (χ0) is 48.6. The molecule has 0 aliphatic rings. The third-order valence-corrected chi connectivity index (χ3v) is 10.7. The summed E-state index contributed by atoms with van der Waals surface area (Å²) in [5.41, 5.74) is 0. The van der Waals surface area contributed by atoms with E-state index in [2.05, 4.69) is 136 Å². The van der Waals surface area contributed by atoms with Crippen molar-refractivity contribution in [2.24, 2.45) is 0 Å². The number of hydrogen-bond donors (Lipinski definition) is 0. The summed E-state index contributed by atoms with van der Waals surface area (Å²) in [4.78, 5) is 38.0. The first-order valence-corrected chi connectivity index (χ1v) is 26.7. The highest BCUT2D eigenvalue weighted by Gasteiger charge is 2.19. The van der Waals surface area contributed by atoms with Gasteiger partial charge in [0.25, 0.3) is 0 Å². The summed E-state index contributed by atoms with van der Waals surface area (Å²) >= 11 is 0. The Bertz CT molecular complexity index is 1480. The molecule has 376 valence electrons. The molecule has 0 aromatic rings. The zero-order valence-corrected chi connectivity index (χ0v) is 42.9. The first kappa shape index (κ1) is 62.5.